The SMILES string of the molecule is O=C1C=C(Nc2ccc(S(=O)(=O)NC3=NCCS3)cc2)C(=O)N1CCO. The third-order valence-corrected chi connectivity index (χ3v) is 5.96. The van der Waals surface area contributed by atoms with Crippen LogP contribution >= 0.6 is 11.8 Å². The first-order valence-corrected chi connectivity index (χ1v) is 10.1. The standard InChI is InChI=1S/C15H16N4O5S2/c20-7-6-19-13(21)9-12(14(19)22)17-10-1-3-11(4-2-10)26(23,24)18-15-16-5-8-25-15/h1-4,9,17,20H,5-8H2,(H,16,18). The van der Waals surface area contributed by atoms with Gasteiger partial charge in [-0.15, -0.1) is 0 Å². The number of aliphatic hydroxyl groups is 1. The highest BCUT2D eigenvalue weighted by Crippen LogP contribution is 2.20. The van der Waals surface area contributed by atoms with E-state index >= 15 is 0 Å². The van der Waals surface area contributed by atoms with Crippen molar-refractivity contribution in [1.29, 1.82) is 0 Å². The zero-order chi connectivity index (χ0) is 18.7. The minimum atomic E-state index is -3.72. The summed E-state index contributed by atoms with van der Waals surface area (Å²) in [4.78, 5) is 28.8. The van der Waals surface area contributed by atoms with Gasteiger partial charge < -0.3 is 10.4 Å². The zero-order valence-corrected chi connectivity index (χ0v) is 15.1. The number of imide groups is 1. The molecule has 0 saturated heterocycles. The molecule has 3 rings (SSSR count). The number of hydrogen-bond donors (Lipinski definition) is 3. The highest BCUT2D eigenvalue weighted by atomic mass is 32.2. The number of nitrogens with zero attached hydrogens (tertiary/aromatic N) is 2. The topological polar surface area (TPSA) is 128 Å². The van der Waals surface area contributed by atoms with Gasteiger partial charge in [0.2, 0.25) is 0 Å². The first-order chi connectivity index (χ1) is 12.4. The fourth-order valence-electron chi connectivity index (χ4n) is 2.35. The smallest absolute Gasteiger partial charge is 0.277 e. The Morgan fingerprint density at radius 2 is 1.96 bits per heavy atom. The predicted octanol–water partition coefficient (Wildman–Crippen LogP) is -0.275. The predicted molar refractivity (Wildman–Crippen MR) is 97.0 cm³/mol. The molecular weight excluding hydrogens is 380 g/mol. The van der Waals surface area contributed by atoms with Crippen LogP contribution in [-0.4, -0.2) is 60.9 Å². The number of amides is 2. The lowest BCUT2D eigenvalue weighted by atomic mass is 10.3. The lowest BCUT2D eigenvalue weighted by Gasteiger charge is -2.13. The van der Waals surface area contributed by atoms with E-state index in [4.69, 9.17) is 5.11 Å². The average Bonchev–Trinajstić information content (AvgIpc) is 3.19. The van der Waals surface area contributed by atoms with Crippen LogP contribution < -0.4 is 10.0 Å². The van der Waals surface area contributed by atoms with Gasteiger partial charge in [-0.25, -0.2) is 8.42 Å². The van der Waals surface area contributed by atoms with E-state index in [1.807, 2.05) is 0 Å². The van der Waals surface area contributed by atoms with E-state index < -0.39 is 21.8 Å². The molecule has 2 aliphatic heterocycles. The maximum Gasteiger partial charge on any atom is 0.277 e. The fourth-order valence-corrected chi connectivity index (χ4v) is 4.38. The monoisotopic (exact) mass is 396 g/mol. The van der Waals surface area contributed by atoms with Crippen LogP contribution in [-0.2, 0) is 19.6 Å². The highest BCUT2D eigenvalue weighted by molar-refractivity contribution is 8.15. The molecule has 0 bridgehead atoms. The van der Waals surface area contributed by atoms with Crippen LogP contribution in [0.1, 0.15) is 0 Å². The van der Waals surface area contributed by atoms with Gasteiger partial charge >= 0.3 is 0 Å². The molecule has 0 radical (unpaired) electrons. The number of nitrogens with one attached hydrogen (secondary N) is 2. The van der Waals surface area contributed by atoms with Crippen molar-refractivity contribution in [2.45, 2.75) is 4.90 Å². The first-order valence-electron chi connectivity index (χ1n) is 7.66. The molecule has 26 heavy (non-hydrogen) atoms. The average molecular weight is 396 g/mol. The fraction of sp³-hybridized carbons (Fsp3) is 0.267. The number of carbonyl (C=O) groups excluding carboxylic acids is 2. The molecule has 0 spiro atoms. The maximum absolute atomic E-state index is 12.3. The molecule has 2 amide bonds. The Morgan fingerprint density at radius 3 is 2.58 bits per heavy atom. The summed E-state index contributed by atoms with van der Waals surface area (Å²) in [5.41, 5.74) is 0.517. The zero-order valence-electron chi connectivity index (χ0n) is 13.5. The number of anilines is 1. The van der Waals surface area contributed by atoms with Crippen molar-refractivity contribution in [1.82, 2.24) is 9.62 Å². The second kappa shape index (κ2) is 7.48. The van der Waals surface area contributed by atoms with Gasteiger partial charge in [0.15, 0.2) is 5.17 Å². The number of amidine groups is 1. The van der Waals surface area contributed by atoms with Crippen molar-refractivity contribution >= 4 is 44.5 Å². The summed E-state index contributed by atoms with van der Waals surface area (Å²) in [5, 5.41) is 12.0. The van der Waals surface area contributed by atoms with Crippen molar-refractivity contribution in [3.63, 3.8) is 0 Å². The Hall–Kier alpha value is -2.37. The maximum atomic E-state index is 12.3. The molecule has 9 nitrogen and oxygen atoms in total. The third kappa shape index (κ3) is 3.89. The lowest BCUT2D eigenvalue weighted by molar-refractivity contribution is -0.137. The largest absolute Gasteiger partial charge is 0.395 e. The lowest BCUT2D eigenvalue weighted by Crippen LogP contribution is -2.34. The molecule has 3 N–H and O–H groups in total. The molecule has 11 heteroatoms. The number of sulfonamides is 1. The van der Waals surface area contributed by atoms with Crippen molar-refractivity contribution in [3.8, 4) is 0 Å². The van der Waals surface area contributed by atoms with E-state index in [9.17, 15) is 18.0 Å². The van der Waals surface area contributed by atoms with Gasteiger partial charge in [0.25, 0.3) is 21.8 Å². The van der Waals surface area contributed by atoms with Crippen molar-refractivity contribution in [3.05, 3.63) is 36.0 Å². The molecule has 2 heterocycles. The van der Waals surface area contributed by atoms with Crippen LogP contribution in [0.3, 0.4) is 0 Å². The minimum absolute atomic E-state index is 0.0583. The second-order valence-electron chi connectivity index (χ2n) is 5.37. The quantitative estimate of drug-likeness (QED) is 0.565. The Kier molecular flexibility index (Phi) is 5.30. The Morgan fingerprint density at radius 1 is 1.23 bits per heavy atom. The van der Waals surface area contributed by atoms with E-state index in [1.165, 1.54) is 36.0 Å². The number of benzene rings is 1. The molecule has 1 aromatic carbocycles. The van der Waals surface area contributed by atoms with Gasteiger partial charge in [-0.1, -0.05) is 11.8 Å². The highest BCUT2D eigenvalue weighted by Gasteiger charge is 2.30. The molecule has 0 aliphatic carbocycles. The minimum Gasteiger partial charge on any atom is -0.395 e. The summed E-state index contributed by atoms with van der Waals surface area (Å²) in [6, 6.07) is 5.76. The molecule has 0 aromatic heterocycles. The number of aliphatic hydroxyl groups excluding tert-OH is 1. The van der Waals surface area contributed by atoms with Gasteiger partial charge in [-0.2, -0.15) is 0 Å². The summed E-state index contributed by atoms with van der Waals surface area (Å²) in [7, 11) is -3.72. The summed E-state index contributed by atoms with van der Waals surface area (Å²) in [6.45, 7) is 0.187. The number of aliphatic imine (C=N–C) groups is 1. The molecule has 0 fully saturated rings. The number of rotatable bonds is 6. The van der Waals surface area contributed by atoms with E-state index in [-0.39, 0.29) is 23.7 Å². The van der Waals surface area contributed by atoms with Gasteiger partial charge in [0.1, 0.15) is 5.70 Å². The number of hydrogen-bond acceptors (Lipinski definition) is 8. The van der Waals surface area contributed by atoms with Crippen LogP contribution in [0.4, 0.5) is 5.69 Å². The summed E-state index contributed by atoms with van der Waals surface area (Å²) in [6.07, 6.45) is 1.14. The van der Waals surface area contributed by atoms with Crippen LogP contribution in [0.25, 0.3) is 0 Å². The molecule has 0 unspecified atom stereocenters. The summed E-state index contributed by atoms with van der Waals surface area (Å²) < 4.78 is 27.0. The molecule has 2 aliphatic rings. The number of carbonyl (C=O) groups is 2. The second-order valence-corrected chi connectivity index (χ2v) is 8.13. The Bertz CT molecular complexity index is 893. The molecule has 0 saturated carbocycles. The molecule has 0 atom stereocenters. The van der Waals surface area contributed by atoms with E-state index in [0.717, 1.165) is 16.7 Å². The van der Waals surface area contributed by atoms with Gasteiger partial charge in [-0.3, -0.25) is 24.2 Å². The van der Waals surface area contributed by atoms with Gasteiger partial charge in [0.05, 0.1) is 24.6 Å². The molecule has 138 valence electrons. The van der Waals surface area contributed by atoms with Gasteiger partial charge in [-0.05, 0) is 24.3 Å². The first kappa shape index (κ1) is 18.4. The van der Waals surface area contributed by atoms with Crippen molar-refractivity contribution < 1.29 is 23.1 Å². The van der Waals surface area contributed by atoms with E-state index in [0.29, 0.717) is 17.4 Å². The van der Waals surface area contributed by atoms with Crippen molar-refractivity contribution in [2.75, 3.05) is 30.8 Å². The van der Waals surface area contributed by atoms with Crippen molar-refractivity contribution in [2.24, 2.45) is 4.99 Å². The Balaban J connectivity index is 1.69. The molecular formula is C15H16N4O5S2. The summed E-state index contributed by atoms with van der Waals surface area (Å²) >= 11 is 1.34. The third-order valence-electron chi connectivity index (χ3n) is 3.58. The molecule has 1 aromatic rings. The summed E-state index contributed by atoms with van der Waals surface area (Å²) in [5.74, 6) is -0.306. The van der Waals surface area contributed by atoms with E-state index in [2.05, 4.69) is 15.0 Å². The Labute approximate surface area is 154 Å². The van der Waals surface area contributed by atoms with E-state index in [1.54, 1.807) is 0 Å². The van der Waals surface area contributed by atoms with Gasteiger partial charge in [0, 0.05) is 17.5 Å². The number of thioether (sulfide) groups is 1. The van der Waals surface area contributed by atoms with Crippen LogP contribution in [0.15, 0.2) is 45.9 Å². The van der Waals surface area contributed by atoms with Crippen LogP contribution in [0, 0.1) is 0 Å². The number of β-amino-alcohol motifs (C(OH)–C–C–N with tert-alkyl or cyclic N) is 1. The normalized spacial score (nSPS) is 17.3. The van der Waals surface area contributed by atoms with Crippen LogP contribution in [0.5, 0.6) is 0 Å². The van der Waals surface area contributed by atoms with Crippen LogP contribution in [0.2, 0.25) is 0 Å².